The molecule has 0 amide bonds. The van der Waals surface area contributed by atoms with Crippen LogP contribution in [0.1, 0.15) is 72.4 Å². The van der Waals surface area contributed by atoms with Crippen LogP contribution in [-0.4, -0.2) is 31.1 Å². The fourth-order valence-electron chi connectivity index (χ4n) is 3.35. The number of ether oxygens (including phenoxy) is 1. The number of rotatable bonds is 10. The summed E-state index contributed by atoms with van der Waals surface area (Å²) in [5, 5.41) is 0. The highest BCUT2D eigenvalue weighted by Crippen LogP contribution is 2.31. The summed E-state index contributed by atoms with van der Waals surface area (Å²) in [7, 11) is 0. The molecule has 0 bridgehead atoms. The first-order valence-corrected chi connectivity index (χ1v) is 9.59. The standard InChI is InChI=1S/C22H39NO/c1-17(2)15-23(16-18(3)4)13-14-24-22(7,8)21-12-10-9-11-20(21)19(5)6/h9-12,17-19H,13-16H2,1-8H3. The van der Waals surface area contributed by atoms with Crippen molar-refractivity contribution < 1.29 is 4.74 Å². The normalized spacial score (nSPS) is 12.8. The predicted octanol–water partition coefficient (Wildman–Crippen LogP) is 5.68. The second-order valence-electron chi connectivity index (χ2n) is 8.65. The van der Waals surface area contributed by atoms with Crippen molar-refractivity contribution in [1.29, 1.82) is 0 Å². The Bertz CT molecular complexity index is 467. The van der Waals surface area contributed by atoms with Gasteiger partial charge in [-0.3, -0.25) is 0 Å². The van der Waals surface area contributed by atoms with Crippen molar-refractivity contribution >= 4 is 0 Å². The van der Waals surface area contributed by atoms with E-state index in [4.69, 9.17) is 4.74 Å². The van der Waals surface area contributed by atoms with Gasteiger partial charge in [-0.05, 0) is 42.7 Å². The maximum absolute atomic E-state index is 6.36. The summed E-state index contributed by atoms with van der Waals surface area (Å²) in [5.74, 6) is 1.90. The molecule has 0 fully saturated rings. The second-order valence-corrected chi connectivity index (χ2v) is 8.65. The highest BCUT2D eigenvalue weighted by atomic mass is 16.5. The Morgan fingerprint density at radius 2 is 1.46 bits per heavy atom. The van der Waals surface area contributed by atoms with Crippen molar-refractivity contribution in [2.24, 2.45) is 11.8 Å². The third-order valence-electron chi connectivity index (χ3n) is 4.35. The maximum Gasteiger partial charge on any atom is 0.0878 e. The molecule has 0 aromatic heterocycles. The van der Waals surface area contributed by atoms with Crippen molar-refractivity contribution in [2.45, 2.75) is 66.9 Å². The van der Waals surface area contributed by atoms with E-state index in [0.29, 0.717) is 17.8 Å². The van der Waals surface area contributed by atoms with Gasteiger partial charge in [-0.1, -0.05) is 65.8 Å². The van der Waals surface area contributed by atoms with Gasteiger partial charge in [0.05, 0.1) is 12.2 Å². The molecule has 1 rings (SSSR count). The number of benzene rings is 1. The van der Waals surface area contributed by atoms with Gasteiger partial charge < -0.3 is 9.64 Å². The van der Waals surface area contributed by atoms with Crippen molar-refractivity contribution in [3.8, 4) is 0 Å². The van der Waals surface area contributed by atoms with Gasteiger partial charge >= 0.3 is 0 Å². The molecule has 24 heavy (non-hydrogen) atoms. The molecule has 0 heterocycles. The molecule has 1 aromatic rings. The monoisotopic (exact) mass is 333 g/mol. The van der Waals surface area contributed by atoms with E-state index in [1.807, 2.05) is 0 Å². The van der Waals surface area contributed by atoms with Crippen LogP contribution in [0.5, 0.6) is 0 Å². The Balaban J connectivity index is 2.70. The molecule has 0 saturated heterocycles. The zero-order valence-electron chi connectivity index (χ0n) is 17.2. The quantitative estimate of drug-likeness (QED) is 0.546. The molecule has 0 saturated carbocycles. The molecule has 0 N–H and O–H groups in total. The van der Waals surface area contributed by atoms with Gasteiger partial charge in [-0.2, -0.15) is 0 Å². The minimum atomic E-state index is -0.248. The summed E-state index contributed by atoms with van der Waals surface area (Å²) < 4.78 is 6.36. The van der Waals surface area contributed by atoms with E-state index < -0.39 is 0 Å². The summed E-state index contributed by atoms with van der Waals surface area (Å²) in [6, 6.07) is 8.70. The third-order valence-corrected chi connectivity index (χ3v) is 4.35. The molecule has 1 aromatic carbocycles. The molecule has 0 unspecified atom stereocenters. The van der Waals surface area contributed by atoms with Gasteiger partial charge in [0.2, 0.25) is 0 Å². The van der Waals surface area contributed by atoms with Gasteiger partial charge in [0.25, 0.3) is 0 Å². The van der Waals surface area contributed by atoms with Gasteiger partial charge in [-0.25, -0.2) is 0 Å². The third kappa shape index (κ3) is 6.94. The molecule has 0 radical (unpaired) electrons. The topological polar surface area (TPSA) is 12.5 Å². The lowest BCUT2D eigenvalue weighted by Crippen LogP contribution is -2.36. The second kappa shape index (κ2) is 9.58. The van der Waals surface area contributed by atoms with Crippen LogP contribution < -0.4 is 0 Å². The van der Waals surface area contributed by atoms with E-state index in [9.17, 15) is 0 Å². The first-order chi connectivity index (χ1) is 11.1. The first kappa shape index (κ1) is 21.2. The van der Waals surface area contributed by atoms with Crippen molar-refractivity contribution in [3.63, 3.8) is 0 Å². The number of nitrogens with zero attached hydrogens (tertiary/aromatic N) is 1. The van der Waals surface area contributed by atoms with Crippen LogP contribution in [0.25, 0.3) is 0 Å². The summed E-state index contributed by atoms with van der Waals surface area (Å²) >= 11 is 0. The molecule has 0 aliphatic heterocycles. The average molecular weight is 334 g/mol. The summed E-state index contributed by atoms with van der Waals surface area (Å²) in [6.07, 6.45) is 0. The first-order valence-electron chi connectivity index (χ1n) is 9.59. The Morgan fingerprint density at radius 3 is 1.96 bits per heavy atom. The van der Waals surface area contributed by atoms with Crippen molar-refractivity contribution in [2.75, 3.05) is 26.2 Å². The predicted molar refractivity (Wildman–Crippen MR) is 106 cm³/mol. The van der Waals surface area contributed by atoms with E-state index in [-0.39, 0.29) is 5.60 Å². The smallest absolute Gasteiger partial charge is 0.0878 e. The Labute approximate surface area is 150 Å². The highest BCUT2D eigenvalue weighted by Gasteiger charge is 2.25. The molecule has 0 atom stereocenters. The largest absolute Gasteiger partial charge is 0.370 e. The van der Waals surface area contributed by atoms with Crippen LogP contribution in [0, 0.1) is 11.8 Å². The molecule has 0 spiro atoms. The van der Waals surface area contributed by atoms with Crippen molar-refractivity contribution in [3.05, 3.63) is 35.4 Å². The van der Waals surface area contributed by atoms with Crippen LogP contribution in [-0.2, 0) is 10.3 Å². The fraction of sp³-hybridized carbons (Fsp3) is 0.727. The van der Waals surface area contributed by atoms with Crippen LogP contribution in [0.15, 0.2) is 24.3 Å². The highest BCUT2D eigenvalue weighted by molar-refractivity contribution is 5.33. The van der Waals surface area contributed by atoms with Gasteiger partial charge in [0.15, 0.2) is 0 Å². The lowest BCUT2D eigenvalue weighted by atomic mass is 9.88. The number of hydrogen-bond donors (Lipinski definition) is 0. The SMILES string of the molecule is CC(C)CN(CCOC(C)(C)c1ccccc1C(C)C)CC(C)C. The lowest BCUT2D eigenvalue weighted by Gasteiger charge is -2.32. The summed E-state index contributed by atoms with van der Waals surface area (Å²) in [4.78, 5) is 2.54. The summed E-state index contributed by atoms with van der Waals surface area (Å²) in [5.41, 5.74) is 2.46. The van der Waals surface area contributed by atoms with E-state index >= 15 is 0 Å². The minimum Gasteiger partial charge on any atom is -0.370 e. The Morgan fingerprint density at radius 1 is 0.917 bits per heavy atom. The van der Waals surface area contributed by atoms with Crippen molar-refractivity contribution in [1.82, 2.24) is 4.90 Å². The zero-order valence-corrected chi connectivity index (χ0v) is 17.2. The molecular weight excluding hydrogens is 294 g/mol. The van der Waals surface area contributed by atoms with Gasteiger partial charge in [0, 0.05) is 19.6 Å². The van der Waals surface area contributed by atoms with E-state index in [0.717, 1.165) is 26.2 Å². The van der Waals surface area contributed by atoms with E-state index in [1.165, 1.54) is 11.1 Å². The van der Waals surface area contributed by atoms with Crippen LogP contribution in [0.2, 0.25) is 0 Å². The number of hydrogen-bond acceptors (Lipinski definition) is 2. The molecule has 138 valence electrons. The zero-order chi connectivity index (χ0) is 18.3. The molecule has 0 aliphatic carbocycles. The molecule has 2 nitrogen and oxygen atoms in total. The van der Waals surface area contributed by atoms with Crippen LogP contribution in [0.3, 0.4) is 0 Å². The van der Waals surface area contributed by atoms with Crippen LogP contribution in [0.4, 0.5) is 0 Å². The summed E-state index contributed by atoms with van der Waals surface area (Å²) in [6.45, 7) is 22.1. The van der Waals surface area contributed by atoms with Gasteiger partial charge in [-0.15, -0.1) is 0 Å². The molecule has 2 heteroatoms. The van der Waals surface area contributed by atoms with E-state index in [1.54, 1.807) is 0 Å². The van der Waals surface area contributed by atoms with Gasteiger partial charge in [0.1, 0.15) is 0 Å². The average Bonchev–Trinajstić information content (AvgIpc) is 2.45. The lowest BCUT2D eigenvalue weighted by molar-refractivity contribution is -0.0329. The maximum atomic E-state index is 6.36. The minimum absolute atomic E-state index is 0.248. The van der Waals surface area contributed by atoms with E-state index in [2.05, 4.69) is 84.6 Å². The molecule has 0 aliphatic rings. The molecular formula is C22H39NO. The van der Waals surface area contributed by atoms with Crippen LogP contribution >= 0.6 is 0 Å². The Kier molecular flexibility index (Phi) is 8.45. The Hall–Kier alpha value is -0.860. The fourth-order valence-corrected chi connectivity index (χ4v) is 3.35.